The van der Waals surface area contributed by atoms with E-state index in [1.807, 2.05) is 19.9 Å². The molecule has 1 aliphatic heterocycles. The molecule has 140 valence electrons. The van der Waals surface area contributed by atoms with Crippen LogP contribution in [0.2, 0.25) is 0 Å². The van der Waals surface area contributed by atoms with Crippen molar-refractivity contribution in [2.24, 2.45) is 0 Å². The van der Waals surface area contributed by atoms with Crippen molar-refractivity contribution in [2.75, 3.05) is 18.1 Å². The largest absolute Gasteiger partial charge is 0.452 e. The molecule has 2 rings (SSSR count). The third-order valence-corrected chi connectivity index (χ3v) is 6.28. The van der Waals surface area contributed by atoms with Gasteiger partial charge in [-0.15, -0.1) is 0 Å². The summed E-state index contributed by atoms with van der Waals surface area (Å²) < 4.78 is 28.6. The monoisotopic (exact) mass is 378 g/mol. The fraction of sp³-hybridized carbons (Fsp3) is 0.500. The first-order chi connectivity index (χ1) is 12.3. The Bertz CT molecular complexity index is 811. The average Bonchev–Trinajstić information content (AvgIpc) is 2.99. The SMILES string of the molecule is CC[C@H](C)N(C(=O)COC(=O)c1ccc(C#N)cc1)[C@@H]1CCS(=O)(=O)C1. The first kappa shape index (κ1) is 19.9. The van der Waals surface area contributed by atoms with E-state index in [2.05, 4.69) is 0 Å². The number of rotatable bonds is 6. The summed E-state index contributed by atoms with van der Waals surface area (Å²) in [4.78, 5) is 26.2. The Morgan fingerprint density at radius 2 is 2.00 bits per heavy atom. The van der Waals surface area contributed by atoms with Gasteiger partial charge in [-0.25, -0.2) is 13.2 Å². The number of sulfone groups is 1. The molecule has 7 nitrogen and oxygen atoms in total. The number of nitrogens with zero attached hydrogens (tertiary/aromatic N) is 2. The maximum atomic E-state index is 12.6. The zero-order valence-electron chi connectivity index (χ0n) is 14.8. The number of hydrogen-bond donors (Lipinski definition) is 0. The average molecular weight is 378 g/mol. The molecule has 0 radical (unpaired) electrons. The second-order valence-corrected chi connectivity index (χ2v) is 8.61. The van der Waals surface area contributed by atoms with Gasteiger partial charge in [0, 0.05) is 12.1 Å². The highest BCUT2D eigenvalue weighted by Crippen LogP contribution is 2.21. The predicted molar refractivity (Wildman–Crippen MR) is 95.1 cm³/mol. The van der Waals surface area contributed by atoms with Gasteiger partial charge in [0.05, 0.1) is 28.7 Å². The third-order valence-electron chi connectivity index (χ3n) is 4.53. The molecule has 26 heavy (non-hydrogen) atoms. The molecule has 1 aromatic rings. The molecule has 0 spiro atoms. The highest BCUT2D eigenvalue weighted by molar-refractivity contribution is 7.91. The second-order valence-electron chi connectivity index (χ2n) is 6.38. The van der Waals surface area contributed by atoms with Gasteiger partial charge >= 0.3 is 5.97 Å². The fourth-order valence-corrected chi connectivity index (χ4v) is 4.68. The Morgan fingerprint density at radius 3 is 2.50 bits per heavy atom. The molecule has 0 aromatic heterocycles. The Morgan fingerprint density at radius 1 is 1.35 bits per heavy atom. The summed E-state index contributed by atoms with van der Waals surface area (Å²) in [5.41, 5.74) is 0.665. The molecular weight excluding hydrogens is 356 g/mol. The Labute approximate surface area is 153 Å². The van der Waals surface area contributed by atoms with Crippen LogP contribution >= 0.6 is 0 Å². The minimum absolute atomic E-state index is 0.0490. The van der Waals surface area contributed by atoms with Crippen molar-refractivity contribution >= 4 is 21.7 Å². The van der Waals surface area contributed by atoms with E-state index in [4.69, 9.17) is 10.00 Å². The van der Waals surface area contributed by atoms with Crippen LogP contribution in [0, 0.1) is 11.3 Å². The maximum absolute atomic E-state index is 12.6. The number of carbonyl (C=O) groups is 2. The molecule has 0 saturated carbocycles. The lowest BCUT2D eigenvalue weighted by Crippen LogP contribution is -2.48. The summed E-state index contributed by atoms with van der Waals surface area (Å²) in [6.07, 6.45) is 1.08. The van der Waals surface area contributed by atoms with Gasteiger partial charge in [-0.2, -0.15) is 5.26 Å². The summed E-state index contributed by atoms with van der Waals surface area (Å²) in [5, 5.41) is 8.76. The minimum atomic E-state index is -3.12. The highest BCUT2D eigenvalue weighted by atomic mass is 32.2. The quantitative estimate of drug-likeness (QED) is 0.695. The molecule has 8 heteroatoms. The summed E-state index contributed by atoms with van der Waals surface area (Å²) in [6.45, 7) is 3.32. The number of benzene rings is 1. The molecule has 0 bridgehead atoms. The van der Waals surface area contributed by atoms with E-state index in [0.29, 0.717) is 18.4 Å². The van der Waals surface area contributed by atoms with Gasteiger partial charge in [0.1, 0.15) is 0 Å². The molecule has 1 saturated heterocycles. The number of hydrogen-bond acceptors (Lipinski definition) is 6. The van der Waals surface area contributed by atoms with Gasteiger partial charge in [0.25, 0.3) is 5.91 Å². The molecule has 1 aliphatic rings. The van der Waals surface area contributed by atoms with Crippen molar-refractivity contribution in [3.8, 4) is 6.07 Å². The van der Waals surface area contributed by atoms with E-state index in [0.717, 1.165) is 0 Å². The van der Waals surface area contributed by atoms with Gasteiger partial charge in [-0.05, 0) is 44.0 Å². The first-order valence-electron chi connectivity index (χ1n) is 8.46. The van der Waals surface area contributed by atoms with Crippen LogP contribution < -0.4 is 0 Å². The van der Waals surface area contributed by atoms with Crippen molar-refractivity contribution in [1.82, 2.24) is 4.90 Å². The van der Waals surface area contributed by atoms with E-state index in [-0.39, 0.29) is 29.2 Å². The lowest BCUT2D eigenvalue weighted by Gasteiger charge is -2.33. The van der Waals surface area contributed by atoms with Gasteiger partial charge in [0.15, 0.2) is 16.4 Å². The van der Waals surface area contributed by atoms with Crippen LogP contribution in [-0.4, -0.2) is 55.4 Å². The van der Waals surface area contributed by atoms with Crippen LogP contribution in [0.4, 0.5) is 0 Å². The predicted octanol–water partition coefficient (Wildman–Crippen LogP) is 1.53. The zero-order valence-corrected chi connectivity index (χ0v) is 15.7. The molecule has 0 aliphatic carbocycles. The Kier molecular flexibility index (Phi) is 6.37. The van der Waals surface area contributed by atoms with Crippen molar-refractivity contribution in [1.29, 1.82) is 5.26 Å². The van der Waals surface area contributed by atoms with Gasteiger partial charge in [0.2, 0.25) is 0 Å². The number of ether oxygens (including phenoxy) is 1. The van der Waals surface area contributed by atoms with Crippen molar-refractivity contribution in [3.63, 3.8) is 0 Å². The number of esters is 1. The summed E-state index contributed by atoms with van der Waals surface area (Å²) in [5.74, 6) is -1.04. The van der Waals surface area contributed by atoms with Crippen molar-refractivity contribution < 1.29 is 22.7 Å². The Balaban J connectivity index is 2.02. The second kappa shape index (κ2) is 8.32. The fourth-order valence-electron chi connectivity index (χ4n) is 2.97. The molecule has 1 heterocycles. The number of amides is 1. The number of carbonyl (C=O) groups excluding carboxylic acids is 2. The van der Waals surface area contributed by atoms with E-state index < -0.39 is 28.3 Å². The highest BCUT2D eigenvalue weighted by Gasteiger charge is 2.36. The van der Waals surface area contributed by atoms with Crippen LogP contribution in [0.25, 0.3) is 0 Å². The topological polar surface area (TPSA) is 105 Å². The van der Waals surface area contributed by atoms with E-state index in [1.54, 1.807) is 0 Å². The molecule has 0 N–H and O–H groups in total. The normalized spacial score (nSPS) is 19.3. The lowest BCUT2D eigenvalue weighted by molar-refractivity contribution is -0.138. The Hall–Kier alpha value is -2.40. The molecule has 1 fully saturated rings. The maximum Gasteiger partial charge on any atom is 0.338 e. The summed E-state index contributed by atoms with van der Waals surface area (Å²) in [6, 6.07) is 7.34. The molecular formula is C18H22N2O5S. The van der Waals surface area contributed by atoms with Crippen LogP contribution in [0.15, 0.2) is 24.3 Å². The van der Waals surface area contributed by atoms with Crippen molar-refractivity contribution in [2.45, 2.75) is 38.8 Å². The molecule has 1 amide bonds. The molecule has 0 unspecified atom stereocenters. The van der Waals surface area contributed by atoms with E-state index >= 15 is 0 Å². The standard InChI is InChI=1S/C18H22N2O5S/c1-3-13(2)20(16-8-9-26(23,24)12-16)17(21)11-25-18(22)15-6-4-14(10-19)5-7-15/h4-7,13,16H,3,8-9,11-12H2,1-2H3/t13-,16+/m0/s1. The van der Waals surface area contributed by atoms with Gasteiger partial charge in [-0.1, -0.05) is 6.92 Å². The van der Waals surface area contributed by atoms with E-state index in [1.165, 1.54) is 29.2 Å². The first-order valence-corrected chi connectivity index (χ1v) is 10.3. The van der Waals surface area contributed by atoms with Crippen LogP contribution in [0.5, 0.6) is 0 Å². The van der Waals surface area contributed by atoms with Gasteiger partial charge in [-0.3, -0.25) is 4.79 Å². The van der Waals surface area contributed by atoms with Crippen molar-refractivity contribution in [3.05, 3.63) is 35.4 Å². The summed E-state index contributed by atoms with van der Waals surface area (Å²) in [7, 11) is -3.12. The van der Waals surface area contributed by atoms with Crippen LogP contribution in [0.1, 0.15) is 42.6 Å². The van der Waals surface area contributed by atoms with Crippen LogP contribution in [-0.2, 0) is 19.4 Å². The van der Waals surface area contributed by atoms with Crippen LogP contribution in [0.3, 0.4) is 0 Å². The molecule has 2 atom stereocenters. The van der Waals surface area contributed by atoms with Gasteiger partial charge < -0.3 is 9.64 Å². The third kappa shape index (κ3) is 4.82. The lowest BCUT2D eigenvalue weighted by atomic mass is 10.1. The zero-order chi connectivity index (χ0) is 19.3. The minimum Gasteiger partial charge on any atom is -0.452 e. The summed E-state index contributed by atoms with van der Waals surface area (Å²) >= 11 is 0. The van der Waals surface area contributed by atoms with E-state index in [9.17, 15) is 18.0 Å². The smallest absolute Gasteiger partial charge is 0.338 e. The number of nitriles is 1. The molecule has 1 aromatic carbocycles.